The van der Waals surface area contributed by atoms with Gasteiger partial charge in [-0.25, -0.2) is 8.42 Å². The van der Waals surface area contributed by atoms with Crippen molar-refractivity contribution in [3.63, 3.8) is 0 Å². The van der Waals surface area contributed by atoms with Crippen LogP contribution in [0.25, 0.3) is 0 Å². The van der Waals surface area contributed by atoms with Crippen molar-refractivity contribution in [2.24, 2.45) is 5.92 Å². The molecule has 0 aliphatic heterocycles. The maximum atomic E-state index is 13.4. The van der Waals surface area contributed by atoms with Gasteiger partial charge in [0.15, 0.2) is 4.34 Å². The molecule has 0 saturated carbocycles. The molecule has 11 heteroatoms. The number of benzene rings is 2. The van der Waals surface area contributed by atoms with E-state index in [0.29, 0.717) is 21.8 Å². The summed E-state index contributed by atoms with van der Waals surface area (Å²) in [6, 6.07) is 12.8. The summed E-state index contributed by atoms with van der Waals surface area (Å²) in [6.45, 7) is 5.64. The zero-order chi connectivity index (χ0) is 23.3. The lowest BCUT2D eigenvalue weighted by Crippen LogP contribution is -2.38. The molecule has 1 amide bonds. The van der Waals surface area contributed by atoms with Gasteiger partial charge in [-0.05, 0) is 43.2 Å². The van der Waals surface area contributed by atoms with E-state index in [9.17, 15) is 13.2 Å². The average molecular weight is 511 g/mol. The molecule has 3 rings (SSSR count). The Morgan fingerprint density at radius 1 is 1.19 bits per heavy atom. The maximum absolute atomic E-state index is 13.4. The van der Waals surface area contributed by atoms with Gasteiger partial charge in [0.25, 0.3) is 10.0 Å². The van der Waals surface area contributed by atoms with Crippen molar-refractivity contribution in [2.45, 2.75) is 30.0 Å². The highest BCUT2D eigenvalue weighted by Gasteiger charge is 2.27. The number of aryl methyl sites for hydroxylation is 1. The van der Waals surface area contributed by atoms with Crippen LogP contribution in [0.1, 0.15) is 19.4 Å². The van der Waals surface area contributed by atoms with Crippen LogP contribution in [0.3, 0.4) is 0 Å². The van der Waals surface area contributed by atoms with E-state index >= 15 is 0 Å². The quantitative estimate of drug-likeness (QED) is 0.318. The predicted molar refractivity (Wildman–Crippen MR) is 131 cm³/mol. The van der Waals surface area contributed by atoms with E-state index in [2.05, 4.69) is 29.4 Å². The first-order valence-electron chi connectivity index (χ1n) is 9.76. The molecule has 170 valence electrons. The Hall–Kier alpha value is -2.14. The normalized spacial score (nSPS) is 11.5. The van der Waals surface area contributed by atoms with Crippen molar-refractivity contribution in [2.75, 3.05) is 21.9 Å². The number of aromatic nitrogens is 2. The molecule has 0 atom stereocenters. The Bertz CT molecular complexity index is 1180. The van der Waals surface area contributed by atoms with Crippen LogP contribution in [0, 0.1) is 12.8 Å². The van der Waals surface area contributed by atoms with Crippen LogP contribution in [0.5, 0.6) is 0 Å². The van der Waals surface area contributed by atoms with Gasteiger partial charge in [0.2, 0.25) is 11.0 Å². The van der Waals surface area contributed by atoms with Crippen LogP contribution in [0.15, 0.2) is 57.8 Å². The van der Waals surface area contributed by atoms with Crippen LogP contribution in [0.2, 0.25) is 5.02 Å². The zero-order valence-corrected chi connectivity index (χ0v) is 21.0. The molecule has 0 bridgehead atoms. The van der Waals surface area contributed by atoms with E-state index in [-0.39, 0.29) is 4.90 Å². The molecule has 0 radical (unpaired) electrons. The number of amides is 1. The molecular weight excluding hydrogens is 488 g/mol. The highest BCUT2D eigenvalue weighted by atomic mass is 35.5. The average Bonchev–Trinajstić information content (AvgIpc) is 3.18. The van der Waals surface area contributed by atoms with Crippen molar-refractivity contribution < 1.29 is 13.2 Å². The van der Waals surface area contributed by atoms with Gasteiger partial charge in [0, 0.05) is 10.8 Å². The molecule has 1 heterocycles. The number of hydrogen-bond acceptors (Lipinski definition) is 7. The second-order valence-electron chi connectivity index (χ2n) is 7.43. The second kappa shape index (κ2) is 10.7. The summed E-state index contributed by atoms with van der Waals surface area (Å²) in [4.78, 5) is 12.9. The molecule has 1 N–H and O–H groups in total. The molecule has 1 aromatic heterocycles. The van der Waals surface area contributed by atoms with Crippen molar-refractivity contribution in [3.05, 3.63) is 59.1 Å². The number of rotatable bonds is 9. The fraction of sp³-hybridized carbons (Fsp3) is 0.286. The molecule has 0 aliphatic rings. The van der Waals surface area contributed by atoms with Crippen molar-refractivity contribution in [1.29, 1.82) is 0 Å². The highest BCUT2D eigenvalue weighted by Crippen LogP contribution is 2.28. The van der Waals surface area contributed by atoms with Crippen LogP contribution >= 0.6 is 34.7 Å². The highest BCUT2D eigenvalue weighted by molar-refractivity contribution is 8.01. The Balaban J connectivity index is 1.83. The fourth-order valence-electron chi connectivity index (χ4n) is 2.63. The van der Waals surface area contributed by atoms with Crippen molar-refractivity contribution in [3.8, 4) is 0 Å². The Morgan fingerprint density at radius 2 is 1.91 bits per heavy atom. The predicted octanol–water partition coefficient (Wildman–Crippen LogP) is 5.08. The summed E-state index contributed by atoms with van der Waals surface area (Å²) in [5.74, 6) is 0.859. The second-order valence-corrected chi connectivity index (χ2v) is 12.0. The summed E-state index contributed by atoms with van der Waals surface area (Å²) in [5, 5.41) is 11.4. The summed E-state index contributed by atoms with van der Waals surface area (Å²) in [6.07, 6.45) is 0. The molecule has 0 spiro atoms. The summed E-state index contributed by atoms with van der Waals surface area (Å²) in [5.41, 5.74) is 1.22. The van der Waals surface area contributed by atoms with E-state index in [1.165, 1.54) is 29.5 Å². The molecule has 0 unspecified atom stereocenters. The van der Waals surface area contributed by atoms with Crippen LogP contribution < -0.4 is 9.62 Å². The first kappa shape index (κ1) is 24.5. The third-order valence-electron chi connectivity index (χ3n) is 4.19. The monoisotopic (exact) mass is 510 g/mol. The molecule has 2 aromatic carbocycles. The van der Waals surface area contributed by atoms with Gasteiger partial charge in [-0.3, -0.25) is 14.4 Å². The largest absolute Gasteiger partial charge is 0.299 e. The molecule has 0 saturated heterocycles. The van der Waals surface area contributed by atoms with E-state index in [0.717, 1.165) is 20.0 Å². The Morgan fingerprint density at radius 3 is 2.56 bits per heavy atom. The number of anilines is 2. The van der Waals surface area contributed by atoms with Gasteiger partial charge in [-0.1, -0.05) is 72.3 Å². The van der Waals surface area contributed by atoms with Crippen molar-refractivity contribution >= 4 is 61.4 Å². The lowest BCUT2D eigenvalue weighted by atomic mass is 10.2. The van der Waals surface area contributed by atoms with Gasteiger partial charge >= 0.3 is 0 Å². The van der Waals surface area contributed by atoms with Crippen LogP contribution in [-0.4, -0.2) is 36.8 Å². The molecule has 0 fully saturated rings. The lowest BCUT2D eigenvalue weighted by molar-refractivity contribution is -0.114. The number of nitrogens with one attached hydrogen (secondary N) is 1. The SMILES string of the molecule is Cc1ccc(S(=O)(=O)N(CC(=O)Nc2nnc(SCC(C)C)s2)c2cccc(Cl)c2)cc1. The lowest BCUT2D eigenvalue weighted by Gasteiger charge is -2.24. The molecule has 7 nitrogen and oxygen atoms in total. The first-order chi connectivity index (χ1) is 15.1. The third-order valence-corrected chi connectivity index (χ3v) is 8.61. The number of nitrogens with zero attached hydrogens (tertiary/aromatic N) is 3. The van der Waals surface area contributed by atoms with Crippen molar-refractivity contribution in [1.82, 2.24) is 10.2 Å². The topological polar surface area (TPSA) is 92.3 Å². The van der Waals surface area contributed by atoms with Crippen LogP contribution in [0.4, 0.5) is 10.8 Å². The minimum atomic E-state index is -4.01. The molecule has 3 aromatic rings. The molecule has 0 aliphatic carbocycles. The summed E-state index contributed by atoms with van der Waals surface area (Å²) in [7, 11) is -4.01. The number of hydrogen-bond donors (Lipinski definition) is 1. The standard InChI is InChI=1S/C21H23ClN4O3S3/c1-14(2)13-30-21-25-24-20(31-21)23-19(27)12-26(17-6-4-5-16(22)11-17)32(28,29)18-9-7-15(3)8-10-18/h4-11,14H,12-13H2,1-3H3,(H,23,24,27). The molecular formula is C21H23ClN4O3S3. The maximum Gasteiger partial charge on any atom is 0.264 e. The number of sulfonamides is 1. The zero-order valence-electron chi connectivity index (χ0n) is 17.8. The van der Waals surface area contributed by atoms with Gasteiger partial charge in [-0.15, -0.1) is 10.2 Å². The third kappa shape index (κ3) is 6.44. The van der Waals surface area contributed by atoms with Crippen LogP contribution in [-0.2, 0) is 14.8 Å². The number of halogens is 1. The minimum Gasteiger partial charge on any atom is -0.299 e. The fourth-order valence-corrected chi connectivity index (χ4v) is 5.97. The van der Waals surface area contributed by atoms with Gasteiger partial charge in [0.1, 0.15) is 6.54 Å². The first-order valence-corrected chi connectivity index (χ1v) is 13.4. The van der Waals surface area contributed by atoms with Gasteiger partial charge in [-0.2, -0.15) is 0 Å². The summed E-state index contributed by atoms with van der Waals surface area (Å²) < 4.78 is 28.5. The van der Waals surface area contributed by atoms with E-state index in [4.69, 9.17) is 11.6 Å². The number of carbonyl (C=O) groups excluding carboxylic acids is 1. The van der Waals surface area contributed by atoms with Gasteiger partial charge in [0.05, 0.1) is 10.6 Å². The number of carbonyl (C=O) groups is 1. The smallest absolute Gasteiger partial charge is 0.264 e. The van der Waals surface area contributed by atoms with Gasteiger partial charge < -0.3 is 0 Å². The molecule has 32 heavy (non-hydrogen) atoms. The van der Waals surface area contributed by atoms with E-state index < -0.39 is 22.5 Å². The van der Waals surface area contributed by atoms with E-state index in [1.54, 1.807) is 42.1 Å². The minimum absolute atomic E-state index is 0.0826. The summed E-state index contributed by atoms with van der Waals surface area (Å²) >= 11 is 8.90. The Labute approximate surface area is 201 Å². The van der Waals surface area contributed by atoms with E-state index in [1.807, 2.05) is 6.92 Å². The number of thioether (sulfide) groups is 1. The Kier molecular flexibility index (Phi) is 8.16.